The average molecular weight is 268 g/mol. The first kappa shape index (κ1) is 14.4. The van der Waals surface area contributed by atoms with Crippen molar-refractivity contribution in [3.05, 3.63) is 35.4 Å². The van der Waals surface area contributed by atoms with Crippen molar-refractivity contribution in [2.75, 3.05) is 0 Å². The fourth-order valence-corrected chi connectivity index (χ4v) is 2.93. The Morgan fingerprint density at radius 2 is 1.95 bits per heavy atom. The number of rotatable bonds is 6. The summed E-state index contributed by atoms with van der Waals surface area (Å²) in [5, 5.41) is 0. The van der Waals surface area contributed by atoms with Gasteiger partial charge in [0.15, 0.2) is 11.6 Å². The molecule has 1 aromatic carbocycles. The van der Waals surface area contributed by atoms with E-state index >= 15 is 0 Å². The summed E-state index contributed by atoms with van der Waals surface area (Å²) in [5.74, 6) is 4.79. The molecule has 1 aliphatic rings. The molecule has 3 N–H and O–H groups in total. The van der Waals surface area contributed by atoms with Crippen LogP contribution in [0.5, 0.6) is 0 Å². The molecular weight excluding hydrogens is 246 g/mol. The van der Waals surface area contributed by atoms with Gasteiger partial charge in [0.2, 0.25) is 0 Å². The predicted octanol–water partition coefficient (Wildman–Crippen LogP) is 3.31. The first-order valence-electron chi connectivity index (χ1n) is 7.09. The monoisotopic (exact) mass is 268 g/mol. The van der Waals surface area contributed by atoms with Crippen molar-refractivity contribution >= 4 is 0 Å². The maximum absolute atomic E-state index is 13.1. The first-order chi connectivity index (χ1) is 9.19. The van der Waals surface area contributed by atoms with Gasteiger partial charge in [-0.2, -0.15) is 0 Å². The highest BCUT2D eigenvalue weighted by Gasteiger charge is 2.17. The molecule has 1 fully saturated rings. The maximum Gasteiger partial charge on any atom is 0.159 e. The Morgan fingerprint density at radius 1 is 1.21 bits per heavy atom. The third-order valence-corrected chi connectivity index (χ3v) is 4.10. The second kappa shape index (κ2) is 6.96. The minimum atomic E-state index is -0.799. The molecule has 106 valence electrons. The van der Waals surface area contributed by atoms with Gasteiger partial charge in [0, 0.05) is 6.04 Å². The van der Waals surface area contributed by atoms with E-state index in [2.05, 4.69) is 5.43 Å². The Hall–Kier alpha value is -1.00. The molecular formula is C15H22F2N2. The van der Waals surface area contributed by atoms with Gasteiger partial charge in [0.1, 0.15) is 0 Å². The largest absolute Gasteiger partial charge is 0.271 e. The number of hydrazine groups is 1. The SMILES string of the molecule is NNC(CCC1CCCC1)Cc1ccc(F)c(F)c1. The topological polar surface area (TPSA) is 38.0 Å². The van der Waals surface area contributed by atoms with Gasteiger partial charge in [-0.3, -0.25) is 11.3 Å². The standard InChI is InChI=1S/C15H22F2N2/c16-14-8-6-12(10-15(14)17)9-13(19-18)7-5-11-3-1-2-4-11/h6,8,10-11,13,19H,1-5,7,9,18H2. The molecule has 0 aliphatic heterocycles. The Morgan fingerprint density at radius 3 is 2.58 bits per heavy atom. The highest BCUT2D eigenvalue weighted by molar-refractivity contribution is 5.18. The number of hydrogen-bond acceptors (Lipinski definition) is 2. The van der Waals surface area contributed by atoms with Crippen LogP contribution in [0.1, 0.15) is 44.1 Å². The lowest BCUT2D eigenvalue weighted by atomic mass is 9.95. The van der Waals surface area contributed by atoms with Crippen LogP contribution in [0.25, 0.3) is 0 Å². The van der Waals surface area contributed by atoms with E-state index in [0.717, 1.165) is 17.9 Å². The molecule has 1 aliphatic carbocycles. The summed E-state index contributed by atoms with van der Waals surface area (Å²) in [6, 6.07) is 4.19. The average Bonchev–Trinajstić information content (AvgIpc) is 2.92. The van der Waals surface area contributed by atoms with Crippen molar-refractivity contribution in [3.63, 3.8) is 0 Å². The number of halogens is 2. The number of nitrogens with two attached hydrogens (primary N) is 1. The molecule has 0 aromatic heterocycles. The van der Waals surface area contributed by atoms with E-state index in [1.54, 1.807) is 6.07 Å². The predicted molar refractivity (Wildman–Crippen MR) is 72.4 cm³/mol. The Bertz CT molecular complexity index is 403. The van der Waals surface area contributed by atoms with Gasteiger partial charge in [-0.15, -0.1) is 0 Å². The summed E-state index contributed by atoms with van der Waals surface area (Å²) < 4.78 is 26.0. The molecule has 1 unspecified atom stereocenters. The Kier molecular flexibility index (Phi) is 5.28. The molecule has 19 heavy (non-hydrogen) atoms. The van der Waals surface area contributed by atoms with E-state index in [1.165, 1.54) is 44.2 Å². The van der Waals surface area contributed by atoms with Gasteiger partial charge in [-0.05, 0) is 42.9 Å². The molecule has 0 heterocycles. The summed E-state index contributed by atoms with van der Waals surface area (Å²) >= 11 is 0. The zero-order chi connectivity index (χ0) is 13.7. The molecule has 0 bridgehead atoms. The van der Waals surface area contributed by atoms with Gasteiger partial charge >= 0.3 is 0 Å². The van der Waals surface area contributed by atoms with Crippen LogP contribution in [0.15, 0.2) is 18.2 Å². The zero-order valence-corrected chi connectivity index (χ0v) is 11.2. The van der Waals surface area contributed by atoms with Crippen molar-refractivity contribution < 1.29 is 8.78 Å². The zero-order valence-electron chi connectivity index (χ0n) is 11.2. The van der Waals surface area contributed by atoms with Crippen molar-refractivity contribution in [1.82, 2.24) is 5.43 Å². The summed E-state index contributed by atoms with van der Waals surface area (Å²) in [4.78, 5) is 0. The first-order valence-corrected chi connectivity index (χ1v) is 7.09. The third-order valence-electron chi connectivity index (χ3n) is 4.10. The van der Waals surface area contributed by atoms with Crippen LogP contribution in [-0.2, 0) is 6.42 Å². The Labute approximate surface area is 113 Å². The molecule has 0 saturated heterocycles. The van der Waals surface area contributed by atoms with E-state index in [1.807, 2.05) is 0 Å². The van der Waals surface area contributed by atoms with Crippen LogP contribution in [0, 0.1) is 17.6 Å². The number of benzene rings is 1. The van der Waals surface area contributed by atoms with Gasteiger partial charge in [-0.25, -0.2) is 8.78 Å². The van der Waals surface area contributed by atoms with Crippen LogP contribution in [0.3, 0.4) is 0 Å². The number of nitrogens with one attached hydrogen (secondary N) is 1. The van der Waals surface area contributed by atoms with E-state index in [-0.39, 0.29) is 6.04 Å². The van der Waals surface area contributed by atoms with E-state index in [4.69, 9.17) is 5.84 Å². The molecule has 0 radical (unpaired) electrons. The van der Waals surface area contributed by atoms with Gasteiger partial charge in [0.05, 0.1) is 0 Å². The van der Waals surface area contributed by atoms with Crippen LogP contribution in [-0.4, -0.2) is 6.04 Å². The molecule has 1 aromatic rings. The van der Waals surface area contributed by atoms with Crippen molar-refractivity contribution in [1.29, 1.82) is 0 Å². The van der Waals surface area contributed by atoms with Gasteiger partial charge in [0.25, 0.3) is 0 Å². The van der Waals surface area contributed by atoms with Gasteiger partial charge < -0.3 is 0 Å². The van der Waals surface area contributed by atoms with Crippen LogP contribution >= 0.6 is 0 Å². The molecule has 2 nitrogen and oxygen atoms in total. The maximum atomic E-state index is 13.1. The molecule has 1 saturated carbocycles. The summed E-state index contributed by atoms with van der Waals surface area (Å²) in [6.07, 6.45) is 8.12. The highest BCUT2D eigenvalue weighted by atomic mass is 19.2. The fourth-order valence-electron chi connectivity index (χ4n) is 2.93. The van der Waals surface area contributed by atoms with Crippen LogP contribution < -0.4 is 11.3 Å². The summed E-state index contributed by atoms with van der Waals surface area (Å²) in [6.45, 7) is 0. The molecule has 1 atom stereocenters. The second-order valence-electron chi connectivity index (χ2n) is 5.54. The minimum Gasteiger partial charge on any atom is -0.271 e. The van der Waals surface area contributed by atoms with Crippen molar-refractivity contribution in [2.45, 2.75) is 51.0 Å². The molecule has 4 heteroatoms. The van der Waals surface area contributed by atoms with E-state index in [9.17, 15) is 8.78 Å². The minimum absolute atomic E-state index is 0.130. The molecule has 2 rings (SSSR count). The Balaban J connectivity index is 1.85. The lowest BCUT2D eigenvalue weighted by molar-refractivity contribution is 0.406. The summed E-state index contributed by atoms with van der Waals surface area (Å²) in [5.41, 5.74) is 3.58. The van der Waals surface area contributed by atoms with Crippen molar-refractivity contribution in [3.8, 4) is 0 Å². The van der Waals surface area contributed by atoms with E-state index in [0.29, 0.717) is 6.42 Å². The van der Waals surface area contributed by atoms with Crippen LogP contribution in [0.2, 0.25) is 0 Å². The normalized spacial score (nSPS) is 17.8. The summed E-state index contributed by atoms with van der Waals surface area (Å²) in [7, 11) is 0. The molecule has 0 spiro atoms. The van der Waals surface area contributed by atoms with Crippen molar-refractivity contribution in [2.24, 2.45) is 11.8 Å². The smallest absolute Gasteiger partial charge is 0.159 e. The second-order valence-corrected chi connectivity index (χ2v) is 5.54. The third kappa shape index (κ3) is 4.25. The molecule has 0 amide bonds. The fraction of sp³-hybridized carbons (Fsp3) is 0.600. The lowest BCUT2D eigenvalue weighted by Crippen LogP contribution is -2.37. The van der Waals surface area contributed by atoms with Gasteiger partial charge in [-0.1, -0.05) is 31.7 Å². The highest BCUT2D eigenvalue weighted by Crippen LogP contribution is 2.29. The quantitative estimate of drug-likeness (QED) is 0.613. The van der Waals surface area contributed by atoms with E-state index < -0.39 is 11.6 Å². The lowest BCUT2D eigenvalue weighted by Gasteiger charge is -2.18. The van der Waals surface area contributed by atoms with Crippen LogP contribution in [0.4, 0.5) is 8.78 Å². The number of hydrogen-bond donors (Lipinski definition) is 2.